The third-order valence-corrected chi connectivity index (χ3v) is 5.42. The maximum absolute atomic E-state index is 13.0. The highest BCUT2D eigenvalue weighted by atomic mass is 32.2. The molecule has 0 unspecified atom stereocenters. The molecule has 9 heteroatoms. The van der Waals surface area contributed by atoms with Gasteiger partial charge in [-0.3, -0.25) is 19.3 Å². The Labute approximate surface area is 183 Å². The standard InChI is InChI=1S/C22H21FN2O5S/c1-29-17-8-5-15(11-18(17)30-2)13-20(26)24-9-10-25-21(27)19(31-22(25)28)12-14-3-6-16(23)7-4-14/h3-8,11-12H,9-10,13H2,1-2H3,(H,24,26)/b19-12+. The highest BCUT2D eigenvalue weighted by Gasteiger charge is 2.34. The average molecular weight is 444 g/mol. The lowest BCUT2D eigenvalue weighted by Crippen LogP contribution is -2.37. The van der Waals surface area contributed by atoms with Crippen LogP contribution in [-0.2, 0) is 16.0 Å². The second-order valence-electron chi connectivity index (χ2n) is 6.60. The number of hydrogen-bond acceptors (Lipinski definition) is 6. The number of ether oxygens (including phenoxy) is 2. The van der Waals surface area contributed by atoms with Crippen molar-refractivity contribution in [2.75, 3.05) is 27.3 Å². The van der Waals surface area contributed by atoms with E-state index in [4.69, 9.17) is 9.47 Å². The van der Waals surface area contributed by atoms with Crippen molar-refractivity contribution in [3.63, 3.8) is 0 Å². The molecule has 0 atom stereocenters. The minimum Gasteiger partial charge on any atom is -0.493 e. The number of benzene rings is 2. The Morgan fingerprint density at radius 1 is 1.10 bits per heavy atom. The molecule has 0 aliphatic carbocycles. The van der Waals surface area contributed by atoms with Gasteiger partial charge in [0.25, 0.3) is 11.1 Å². The van der Waals surface area contributed by atoms with Crippen LogP contribution < -0.4 is 14.8 Å². The maximum atomic E-state index is 13.0. The fourth-order valence-corrected chi connectivity index (χ4v) is 3.81. The van der Waals surface area contributed by atoms with Crippen LogP contribution in [0.5, 0.6) is 11.5 Å². The van der Waals surface area contributed by atoms with E-state index in [2.05, 4.69) is 5.32 Å². The first-order valence-electron chi connectivity index (χ1n) is 9.40. The largest absolute Gasteiger partial charge is 0.493 e. The van der Waals surface area contributed by atoms with Gasteiger partial charge in [-0.05, 0) is 53.2 Å². The van der Waals surface area contributed by atoms with Gasteiger partial charge in [0.1, 0.15) is 5.82 Å². The Hall–Kier alpha value is -3.33. The van der Waals surface area contributed by atoms with Crippen LogP contribution in [0.1, 0.15) is 11.1 Å². The molecule has 1 fully saturated rings. The van der Waals surface area contributed by atoms with Gasteiger partial charge in [0, 0.05) is 13.1 Å². The number of carbonyl (C=O) groups is 3. The van der Waals surface area contributed by atoms with Crippen molar-refractivity contribution in [2.45, 2.75) is 6.42 Å². The van der Waals surface area contributed by atoms with E-state index < -0.39 is 11.1 Å². The highest BCUT2D eigenvalue weighted by Crippen LogP contribution is 2.32. The summed E-state index contributed by atoms with van der Waals surface area (Å²) in [6.07, 6.45) is 1.66. The summed E-state index contributed by atoms with van der Waals surface area (Å²) in [6, 6.07) is 10.8. The van der Waals surface area contributed by atoms with Crippen molar-refractivity contribution >= 4 is 34.9 Å². The lowest BCUT2D eigenvalue weighted by molar-refractivity contribution is -0.124. The van der Waals surface area contributed by atoms with Crippen LogP contribution in [-0.4, -0.2) is 49.3 Å². The van der Waals surface area contributed by atoms with Crippen molar-refractivity contribution < 1.29 is 28.2 Å². The van der Waals surface area contributed by atoms with E-state index in [1.165, 1.54) is 38.5 Å². The summed E-state index contributed by atoms with van der Waals surface area (Å²) in [5.41, 5.74) is 1.36. The van der Waals surface area contributed by atoms with Gasteiger partial charge >= 0.3 is 0 Å². The van der Waals surface area contributed by atoms with Crippen LogP contribution >= 0.6 is 11.8 Å². The van der Waals surface area contributed by atoms with Gasteiger partial charge in [-0.15, -0.1) is 0 Å². The van der Waals surface area contributed by atoms with Crippen LogP contribution in [0.2, 0.25) is 0 Å². The summed E-state index contributed by atoms with van der Waals surface area (Å²) in [5, 5.41) is 2.30. The molecule has 1 aliphatic rings. The van der Waals surface area contributed by atoms with E-state index >= 15 is 0 Å². The molecule has 0 spiro atoms. The molecule has 0 aromatic heterocycles. The van der Waals surface area contributed by atoms with E-state index in [0.29, 0.717) is 17.1 Å². The molecule has 1 aliphatic heterocycles. The molecule has 31 heavy (non-hydrogen) atoms. The number of carbonyl (C=O) groups excluding carboxylic acids is 3. The predicted molar refractivity (Wildman–Crippen MR) is 115 cm³/mol. The second-order valence-corrected chi connectivity index (χ2v) is 7.59. The molecule has 0 bridgehead atoms. The van der Waals surface area contributed by atoms with Gasteiger partial charge in [-0.25, -0.2) is 4.39 Å². The summed E-state index contributed by atoms with van der Waals surface area (Å²) in [4.78, 5) is 38.2. The zero-order valence-electron chi connectivity index (χ0n) is 17.0. The van der Waals surface area contributed by atoms with Crippen LogP contribution in [0.4, 0.5) is 9.18 Å². The van der Waals surface area contributed by atoms with E-state index in [1.54, 1.807) is 24.3 Å². The minimum absolute atomic E-state index is 0.0586. The highest BCUT2D eigenvalue weighted by molar-refractivity contribution is 8.18. The number of rotatable bonds is 8. The lowest BCUT2D eigenvalue weighted by atomic mass is 10.1. The Kier molecular flexibility index (Phi) is 7.30. The molecular weight excluding hydrogens is 423 g/mol. The molecule has 0 saturated carbocycles. The summed E-state index contributed by atoms with van der Waals surface area (Å²) < 4.78 is 23.4. The second kappa shape index (κ2) is 10.1. The zero-order valence-corrected chi connectivity index (χ0v) is 17.8. The zero-order chi connectivity index (χ0) is 22.4. The molecule has 1 heterocycles. The molecule has 3 rings (SSSR count). The number of nitrogens with zero attached hydrogens (tertiary/aromatic N) is 1. The topological polar surface area (TPSA) is 84.9 Å². The van der Waals surface area contributed by atoms with Gasteiger partial charge in [0.05, 0.1) is 25.5 Å². The molecule has 7 nitrogen and oxygen atoms in total. The van der Waals surface area contributed by atoms with Gasteiger partial charge in [0.15, 0.2) is 11.5 Å². The van der Waals surface area contributed by atoms with Crippen molar-refractivity contribution in [2.24, 2.45) is 0 Å². The number of amides is 3. The first-order valence-corrected chi connectivity index (χ1v) is 10.2. The van der Waals surface area contributed by atoms with E-state index in [-0.39, 0.29) is 36.1 Å². The van der Waals surface area contributed by atoms with Gasteiger partial charge in [-0.1, -0.05) is 18.2 Å². The van der Waals surface area contributed by atoms with Crippen molar-refractivity contribution in [1.82, 2.24) is 10.2 Å². The molecule has 2 aromatic carbocycles. The number of hydrogen-bond donors (Lipinski definition) is 1. The molecule has 2 aromatic rings. The summed E-state index contributed by atoms with van der Waals surface area (Å²) in [6.45, 7) is 0.192. The summed E-state index contributed by atoms with van der Waals surface area (Å²) in [5.74, 6) is 0.0295. The number of methoxy groups -OCH3 is 2. The fraction of sp³-hybridized carbons (Fsp3) is 0.227. The van der Waals surface area contributed by atoms with Crippen LogP contribution in [0.3, 0.4) is 0 Å². The number of thioether (sulfide) groups is 1. The van der Waals surface area contributed by atoms with Crippen LogP contribution in [0.25, 0.3) is 6.08 Å². The van der Waals surface area contributed by atoms with Crippen molar-refractivity contribution in [1.29, 1.82) is 0 Å². The van der Waals surface area contributed by atoms with Crippen molar-refractivity contribution in [3.8, 4) is 11.5 Å². The summed E-state index contributed by atoms with van der Waals surface area (Å²) >= 11 is 0.816. The Morgan fingerprint density at radius 3 is 2.48 bits per heavy atom. The Balaban J connectivity index is 1.53. The lowest BCUT2D eigenvalue weighted by Gasteiger charge is -2.13. The van der Waals surface area contributed by atoms with Crippen LogP contribution in [0, 0.1) is 5.82 Å². The SMILES string of the molecule is COc1ccc(CC(=O)NCCN2C(=O)S/C(=C/c3ccc(F)cc3)C2=O)cc1OC. The number of imide groups is 1. The van der Waals surface area contributed by atoms with Gasteiger partial charge in [0.2, 0.25) is 5.91 Å². The smallest absolute Gasteiger partial charge is 0.293 e. The Morgan fingerprint density at radius 2 is 1.81 bits per heavy atom. The van der Waals surface area contributed by atoms with E-state index in [9.17, 15) is 18.8 Å². The van der Waals surface area contributed by atoms with Crippen LogP contribution in [0.15, 0.2) is 47.4 Å². The monoisotopic (exact) mass is 444 g/mol. The molecule has 1 saturated heterocycles. The van der Waals surface area contributed by atoms with Gasteiger partial charge in [-0.2, -0.15) is 0 Å². The third kappa shape index (κ3) is 5.64. The normalized spacial score (nSPS) is 14.8. The van der Waals surface area contributed by atoms with Gasteiger partial charge < -0.3 is 14.8 Å². The van der Waals surface area contributed by atoms with E-state index in [1.807, 2.05) is 0 Å². The molecule has 1 N–H and O–H groups in total. The fourth-order valence-electron chi connectivity index (χ4n) is 2.95. The average Bonchev–Trinajstić information content (AvgIpc) is 3.02. The van der Waals surface area contributed by atoms with Crippen molar-refractivity contribution in [3.05, 3.63) is 64.3 Å². The first-order chi connectivity index (χ1) is 14.9. The quantitative estimate of drug-likeness (QED) is 0.630. The Bertz CT molecular complexity index is 1020. The molecule has 162 valence electrons. The first kappa shape index (κ1) is 22.4. The summed E-state index contributed by atoms with van der Waals surface area (Å²) in [7, 11) is 3.05. The third-order valence-electron chi connectivity index (χ3n) is 4.51. The predicted octanol–water partition coefficient (Wildman–Crippen LogP) is 3.24. The minimum atomic E-state index is -0.437. The number of halogens is 1. The molecule has 3 amide bonds. The molecular formula is C22H21FN2O5S. The molecule has 0 radical (unpaired) electrons. The number of nitrogens with one attached hydrogen (secondary N) is 1. The van der Waals surface area contributed by atoms with E-state index in [0.717, 1.165) is 22.2 Å². The maximum Gasteiger partial charge on any atom is 0.293 e.